The predicted octanol–water partition coefficient (Wildman–Crippen LogP) is 2.64. The summed E-state index contributed by atoms with van der Waals surface area (Å²) in [6.45, 7) is 3.99. The van der Waals surface area contributed by atoms with Crippen LogP contribution >= 0.6 is 0 Å². The van der Waals surface area contributed by atoms with E-state index in [1.54, 1.807) is 0 Å². The van der Waals surface area contributed by atoms with Crippen LogP contribution < -0.4 is 5.73 Å². The lowest BCUT2D eigenvalue weighted by Gasteiger charge is -2.54. The van der Waals surface area contributed by atoms with E-state index in [0.29, 0.717) is 29.6 Å². The zero-order chi connectivity index (χ0) is 14.6. The van der Waals surface area contributed by atoms with Crippen LogP contribution in [0.2, 0.25) is 0 Å². The molecule has 3 heteroatoms. The van der Waals surface area contributed by atoms with Crippen molar-refractivity contribution >= 4 is 5.91 Å². The molecule has 1 saturated heterocycles. The highest BCUT2D eigenvalue weighted by molar-refractivity contribution is 5.80. The number of carbonyl (C=O) groups is 1. The topological polar surface area (TPSA) is 46.3 Å². The summed E-state index contributed by atoms with van der Waals surface area (Å²) in [7, 11) is 0. The molecule has 0 aromatic heterocycles. The molecule has 1 aliphatic heterocycles. The Morgan fingerprint density at radius 3 is 2.29 bits per heavy atom. The number of amides is 1. The summed E-state index contributed by atoms with van der Waals surface area (Å²) in [6.07, 6.45) is 9.17. The number of carbonyl (C=O) groups excluding carboxylic acids is 1. The Hall–Kier alpha value is -0.570. The molecule has 4 aliphatic carbocycles. The van der Waals surface area contributed by atoms with E-state index >= 15 is 0 Å². The van der Waals surface area contributed by atoms with Crippen molar-refractivity contribution in [2.24, 2.45) is 41.2 Å². The summed E-state index contributed by atoms with van der Waals surface area (Å²) in [5.74, 6) is 4.71. The van der Waals surface area contributed by atoms with Crippen LogP contribution in [0.25, 0.3) is 0 Å². The van der Waals surface area contributed by atoms with Gasteiger partial charge in [0.1, 0.15) is 0 Å². The van der Waals surface area contributed by atoms with Crippen LogP contribution in [0, 0.1) is 35.5 Å². The van der Waals surface area contributed by atoms with Gasteiger partial charge in [-0.1, -0.05) is 0 Å². The van der Waals surface area contributed by atoms with Crippen LogP contribution in [-0.2, 0) is 4.79 Å². The normalized spacial score (nSPS) is 46.7. The van der Waals surface area contributed by atoms with Gasteiger partial charge in [0.05, 0.1) is 0 Å². The highest BCUT2D eigenvalue weighted by Crippen LogP contribution is 2.57. The average Bonchev–Trinajstić information content (AvgIpc) is 2.46. The highest BCUT2D eigenvalue weighted by Gasteiger charge is 2.51. The first-order chi connectivity index (χ1) is 10.1. The zero-order valence-electron chi connectivity index (χ0n) is 13.3. The molecule has 4 saturated carbocycles. The highest BCUT2D eigenvalue weighted by atomic mass is 16.2. The minimum Gasteiger partial charge on any atom is -0.342 e. The van der Waals surface area contributed by atoms with Gasteiger partial charge in [0, 0.05) is 25.0 Å². The standard InChI is InChI=1S/C18H30N2O/c1-11(19)14-3-2-4-20(10-14)18(21)17-15-6-12-5-13(8-15)9-16(17)7-12/h11-17H,2-10,19H2,1H3. The van der Waals surface area contributed by atoms with Gasteiger partial charge in [-0.25, -0.2) is 0 Å². The molecule has 5 fully saturated rings. The Labute approximate surface area is 128 Å². The van der Waals surface area contributed by atoms with Crippen molar-refractivity contribution in [1.82, 2.24) is 4.90 Å². The maximum Gasteiger partial charge on any atom is 0.226 e. The Balaban J connectivity index is 1.47. The summed E-state index contributed by atoms with van der Waals surface area (Å²) < 4.78 is 0. The molecule has 1 amide bonds. The summed E-state index contributed by atoms with van der Waals surface area (Å²) in [5.41, 5.74) is 6.09. The van der Waals surface area contributed by atoms with E-state index in [-0.39, 0.29) is 6.04 Å². The van der Waals surface area contributed by atoms with E-state index in [0.717, 1.165) is 31.3 Å². The molecule has 0 aromatic carbocycles. The Bertz CT molecular complexity index is 391. The van der Waals surface area contributed by atoms with Crippen LogP contribution in [-0.4, -0.2) is 29.9 Å². The third-order valence-electron chi connectivity index (χ3n) is 7.02. The first-order valence-corrected chi connectivity index (χ1v) is 9.16. The molecule has 2 N–H and O–H groups in total. The number of nitrogens with zero attached hydrogens (tertiary/aromatic N) is 1. The number of hydrogen-bond acceptors (Lipinski definition) is 2. The van der Waals surface area contributed by atoms with Gasteiger partial charge in [0.2, 0.25) is 5.91 Å². The molecule has 2 unspecified atom stereocenters. The van der Waals surface area contributed by atoms with Gasteiger partial charge in [-0.15, -0.1) is 0 Å². The zero-order valence-corrected chi connectivity index (χ0v) is 13.3. The molecule has 2 atom stereocenters. The quantitative estimate of drug-likeness (QED) is 0.850. The smallest absolute Gasteiger partial charge is 0.226 e. The molecule has 1 heterocycles. The van der Waals surface area contributed by atoms with Gasteiger partial charge in [-0.05, 0) is 81.5 Å². The van der Waals surface area contributed by atoms with E-state index in [1.165, 1.54) is 38.5 Å². The van der Waals surface area contributed by atoms with Gasteiger partial charge >= 0.3 is 0 Å². The summed E-state index contributed by atoms with van der Waals surface area (Å²) in [4.78, 5) is 15.3. The lowest BCUT2D eigenvalue weighted by atomic mass is 9.51. The first kappa shape index (κ1) is 14.0. The van der Waals surface area contributed by atoms with Gasteiger partial charge < -0.3 is 10.6 Å². The van der Waals surface area contributed by atoms with Crippen molar-refractivity contribution < 1.29 is 4.79 Å². The fourth-order valence-electron chi connectivity index (χ4n) is 6.18. The monoisotopic (exact) mass is 290 g/mol. The molecular weight excluding hydrogens is 260 g/mol. The second-order valence-electron chi connectivity index (χ2n) is 8.50. The molecule has 21 heavy (non-hydrogen) atoms. The Kier molecular flexibility index (Phi) is 3.52. The minimum absolute atomic E-state index is 0.221. The molecule has 4 bridgehead atoms. The largest absolute Gasteiger partial charge is 0.342 e. The summed E-state index contributed by atoms with van der Waals surface area (Å²) in [5, 5.41) is 0. The number of likely N-dealkylation sites (tertiary alicyclic amines) is 1. The lowest BCUT2D eigenvalue weighted by Crippen LogP contribution is -2.54. The van der Waals surface area contributed by atoms with Gasteiger partial charge in [0.25, 0.3) is 0 Å². The fraction of sp³-hybridized carbons (Fsp3) is 0.944. The fourth-order valence-corrected chi connectivity index (χ4v) is 6.18. The third-order valence-corrected chi connectivity index (χ3v) is 7.02. The molecular formula is C18H30N2O. The van der Waals surface area contributed by atoms with Gasteiger partial charge in [-0.2, -0.15) is 0 Å². The van der Waals surface area contributed by atoms with Crippen molar-refractivity contribution in [1.29, 1.82) is 0 Å². The molecule has 118 valence electrons. The van der Waals surface area contributed by atoms with Crippen molar-refractivity contribution in [3.8, 4) is 0 Å². The maximum atomic E-state index is 13.1. The number of nitrogens with two attached hydrogens (primary N) is 1. The Morgan fingerprint density at radius 1 is 1.10 bits per heavy atom. The van der Waals surface area contributed by atoms with Crippen molar-refractivity contribution in [2.45, 2.75) is 57.9 Å². The molecule has 0 aromatic rings. The summed E-state index contributed by atoms with van der Waals surface area (Å²) in [6, 6.07) is 0.221. The molecule has 0 spiro atoms. The van der Waals surface area contributed by atoms with E-state index in [1.807, 2.05) is 0 Å². The van der Waals surface area contributed by atoms with Gasteiger partial charge in [-0.3, -0.25) is 4.79 Å². The summed E-state index contributed by atoms with van der Waals surface area (Å²) >= 11 is 0. The molecule has 0 radical (unpaired) electrons. The second kappa shape index (κ2) is 5.26. The van der Waals surface area contributed by atoms with Crippen LogP contribution in [0.4, 0.5) is 0 Å². The van der Waals surface area contributed by atoms with Crippen molar-refractivity contribution in [3.05, 3.63) is 0 Å². The average molecular weight is 290 g/mol. The second-order valence-corrected chi connectivity index (χ2v) is 8.50. The maximum absolute atomic E-state index is 13.1. The van der Waals surface area contributed by atoms with Crippen LogP contribution in [0.1, 0.15) is 51.9 Å². The minimum atomic E-state index is 0.221. The predicted molar refractivity (Wildman–Crippen MR) is 83.5 cm³/mol. The Morgan fingerprint density at radius 2 is 1.71 bits per heavy atom. The lowest BCUT2D eigenvalue weighted by molar-refractivity contribution is -0.151. The van der Waals surface area contributed by atoms with Crippen LogP contribution in [0.3, 0.4) is 0 Å². The van der Waals surface area contributed by atoms with Crippen LogP contribution in [0.5, 0.6) is 0 Å². The van der Waals surface area contributed by atoms with Gasteiger partial charge in [0.15, 0.2) is 0 Å². The molecule has 5 rings (SSSR count). The van der Waals surface area contributed by atoms with E-state index in [2.05, 4.69) is 11.8 Å². The van der Waals surface area contributed by atoms with E-state index in [9.17, 15) is 4.79 Å². The SMILES string of the molecule is CC(N)C1CCCN(C(=O)C2C3CC4CC(C3)CC2C4)C1. The van der Waals surface area contributed by atoms with Crippen LogP contribution in [0.15, 0.2) is 0 Å². The number of hydrogen-bond donors (Lipinski definition) is 1. The first-order valence-electron chi connectivity index (χ1n) is 9.16. The molecule has 5 aliphatic rings. The number of rotatable bonds is 2. The molecule has 3 nitrogen and oxygen atoms in total. The van der Waals surface area contributed by atoms with E-state index in [4.69, 9.17) is 5.73 Å². The third kappa shape index (κ3) is 2.42. The number of piperidine rings is 1. The van der Waals surface area contributed by atoms with Crippen molar-refractivity contribution in [3.63, 3.8) is 0 Å². The van der Waals surface area contributed by atoms with E-state index < -0.39 is 0 Å². The van der Waals surface area contributed by atoms with Crippen molar-refractivity contribution in [2.75, 3.05) is 13.1 Å².